The maximum atomic E-state index is 10.1. The molecule has 0 heterocycles. The lowest BCUT2D eigenvalue weighted by atomic mass is 10.1. The molecule has 0 aliphatic heterocycles. The molecule has 1 atom stereocenters. The van der Waals surface area contributed by atoms with Crippen LogP contribution in [0.3, 0.4) is 0 Å². The van der Waals surface area contributed by atoms with E-state index >= 15 is 0 Å². The van der Waals surface area contributed by atoms with Crippen LogP contribution in [-0.2, 0) is 6.54 Å². The molecule has 0 aliphatic carbocycles. The molecule has 4 nitrogen and oxygen atoms in total. The summed E-state index contributed by atoms with van der Waals surface area (Å²) in [4.78, 5) is 0. The number of rotatable bonds is 7. The summed E-state index contributed by atoms with van der Waals surface area (Å²) in [5.41, 5.74) is 1.99. The van der Waals surface area contributed by atoms with Gasteiger partial charge in [0.2, 0.25) is 0 Å². The molecule has 112 valence electrons. The second-order valence-electron chi connectivity index (χ2n) is 4.75. The smallest absolute Gasteiger partial charge is 0.161 e. The van der Waals surface area contributed by atoms with Crippen LogP contribution >= 0.6 is 0 Å². The molecule has 0 aromatic heterocycles. The van der Waals surface area contributed by atoms with Crippen LogP contribution in [0, 0.1) is 0 Å². The molecule has 2 aromatic carbocycles. The summed E-state index contributed by atoms with van der Waals surface area (Å²) in [5.74, 6) is 1.42. The second kappa shape index (κ2) is 7.67. The Morgan fingerprint density at radius 2 is 1.71 bits per heavy atom. The van der Waals surface area contributed by atoms with E-state index < -0.39 is 6.10 Å². The summed E-state index contributed by atoms with van der Waals surface area (Å²) in [5, 5.41) is 13.3. The van der Waals surface area contributed by atoms with E-state index in [1.807, 2.05) is 48.5 Å². The van der Waals surface area contributed by atoms with Gasteiger partial charge in [-0.2, -0.15) is 0 Å². The highest BCUT2D eigenvalue weighted by atomic mass is 16.5. The van der Waals surface area contributed by atoms with Gasteiger partial charge >= 0.3 is 0 Å². The Bertz CT molecular complexity index is 557. The van der Waals surface area contributed by atoms with Crippen molar-refractivity contribution in [2.45, 2.75) is 12.6 Å². The molecular weight excluding hydrogens is 266 g/mol. The lowest BCUT2D eigenvalue weighted by Gasteiger charge is -2.13. The number of benzene rings is 2. The number of aliphatic hydroxyl groups is 1. The molecule has 2 rings (SSSR count). The Balaban J connectivity index is 1.89. The molecule has 2 N–H and O–H groups in total. The summed E-state index contributed by atoms with van der Waals surface area (Å²) in [6, 6.07) is 15.4. The second-order valence-corrected chi connectivity index (χ2v) is 4.75. The summed E-state index contributed by atoms with van der Waals surface area (Å²) in [6.45, 7) is 1.16. The number of hydrogen-bond acceptors (Lipinski definition) is 4. The third kappa shape index (κ3) is 4.21. The van der Waals surface area contributed by atoms with E-state index in [4.69, 9.17) is 9.47 Å². The molecule has 21 heavy (non-hydrogen) atoms. The predicted octanol–water partition coefficient (Wildman–Crippen LogP) is 2.53. The van der Waals surface area contributed by atoms with Gasteiger partial charge in [-0.1, -0.05) is 36.4 Å². The lowest BCUT2D eigenvalue weighted by Crippen LogP contribution is -2.21. The third-order valence-electron chi connectivity index (χ3n) is 3.30. The largest absolute Gasteiger partial charge is 0.493 e. The van der Waals surface area contributed by atoms with E-state index in [0.717, 1.165) is 11.1 Å². The van der Waals surface area contributed by atoms with Gasteiger partial charge in [0, 0.05) is 13.1 Å². The summed E-state index contributed by atoms with van der Waals surface area (Å²) in [6.07, 6.45) is -0.508. The molecule has 0 unspecified atom stereocenters. The fraction of sp³-hybridized carbons (Fsp3) is 0.294. The molecule has 4 heteroatoms. The minimum absolute atomic E-state index is 0.498. The SMILES string of the molecule is COc1ccc(CNC[C@H](O)c2ccccc2)cc1OC. The summed E-state index contributed by atoms with van der Waals surface area (Å²) in [7, 11) is 3.24. The molecule has 0 amide bonds. The number of methoxy groups -OCH3 is 2. The van der Waals surface area contributed by atoms with Crippen LogP contribution in [0.2, 0.25) is 0 Å². The Hall–Kier alpha value is -2.04. The van der Waals surface area contributed by atoms with Crippen molar-refractivity contribution < 1.29 is 14.6 Å². The predicted molar refractivity (Wildman–Crippen MR) is 82.7 cm³/mol. The Morgan fingerprint density at radius 3 is 2.38 bits per heavy atom. The highest BCUT2D eigenvalue weighted by Crippen LogP contribution is 2.27. The number of hydrogen-bond donors (Lipinski definition) is 2. The van der Waals surface area contributed by atoms with Crippen molar-refractivity contribution in [3.63, 3.8) is 0 Å². The lowest BCUT2D eigenvalue weighted by molar-refractivity contribution is 0.174. The zero-order valence-electron chi connectivity index (χ0n) is 12.4. The van der Waals surface area contributed by atoms with Gasteiger partial charge in [-0.15, -0.1) is 0 Å². The molecule has 0 fully saturated rings. The Labute approximate surface area is 125 Å². The molecule has 0 aliphatic rings. The van der Waals surface area contributed by atoms with Crippen LogP contribution in [0.4, 0.5) is 0 Å². The van der Waals surface area contributed by atoms with E-state index in [-0.39, 0.29) is 0 Å². The topological polar surface area (TPSA) is 50.7 Å². The van der Waals surface area contributed by atoms with Crippen molar-refractivity contribution in [1.82, 2.24) is 5.32 Å². The van der Waals surface area contributed by atoms with Gasteiger partial charge < -0.3 is 19.9 Å². The van der Waals surface area contributed by atoms with Crippen LogP contribution < -0.4 is 14.8 Å². The first-order chi connectivity index (χ1) is 10.2. The minimum atomic E-state index is -0.508. The maximum Gasteiger partial charge on any atom is 0.161 e. The number of aliphatic hydroxyl groups excluding tert-OH is 1. The van der Waals surface area contributed by atoms with Crippen LogP contribution in [0.1, 0.15) is 17.2 Å². The Morgan fingerprint density at radius 1 is 1.00 bits per heavy atom. The van der Waals surface area contributed by atoms with Crippen molar-refractivity contribution in [3.8, 4) is 11.5 Å². The van der Waals surface area contributed by atoms with Gasteiger partial charge in [0.05, 0.1) is 20.3 Å². The first-order valence-electron chi connectivity index (χ1n) is 6.89. The number of nitrogens with one attached hydrogen (secondary N) is 1. The van der Waals surface area contributed by atoms with Crippen LogP contribution in [0.5, 0.6) is 11.5 Å². The van der Waals surface area contributed by atoms with Crippen LogP contribution in [0.25, 0.3) is 0 Å². The van der Waals surface area contributed by atoms with Crippen molar-refractivity contribution in [2.24, 2.45) is 0 Å². The summed E-state index contributed by atoms with van der Waals surface area (Å²) >= 11 is 0. The quantitative estimate of drug-likeness (QED) is 0.821. The van der Waals surface area contributed by atoms with Crippen molar-refractivity contribution in [1.29, 1.82) is 0 Å². The normalized spacial score (nSPS) is 12.0. The monoisotopic (exact) mass is 287 g/mol. The van der Waals surface area contributed by atoms with E-state index in [1.54, 1.807) is 14.2 Å². The van der Waals surface area contributed by atoms with Crippen LogP contribution in [0.15, 0.2) is 48.5 Å². The molecule has 0 bridgehead atoms. The van der Waals surface area contributed by atoms with Gasteiger partial charge in [0.15, 0.2) is 11.5 Å². The van der Waals surface area contributed by atoms with Gasteiger partial charge in [-0.05, 0) is 23.3 Å². The van der Waals surface area contributed by atoms with Gasteiger partial charge in [-0.25, -0.2) is 0 Å². The van der Waals surface area contributed by atoms with E-state index in [2.05, 4.69) is 5.32 Å². The zero-order valence-corrected chi connectivity index (χ0v) is 12.4. The average Bonchev–Trinajstić information content (AvgIpc) is 2.55. The van der Waals surface area contributed by atoms with Crippen molar-refractivity contribution in [2.75, 3.05) is 20.8 Å². The minimum Gasteiger partial charge on any atom is -0.493 e. The fourth-order valence-electron chi connectivity index (χ4n) is 2.14. The van der Waals surface area contributed by atoms with Gasteiger partial charge in [-0.3, -0.25) is 0 Å². The van der Waals surface area contributed by atoms with Gasteiger partial charge in [0.1, 0.15) is 0 Å². The van der Waals surface area contributed by atoms with E-state index in [0.29, 0.717) is 24.6 Å². The molecule has 0 radical (unpaired) electrons. The Kier molecular flexibility index (Phi) is 5.60. The molecule has 0 saturated heterocycles. The molecule has 0 saturated carbocycles. The zero-order chi connectivity index (χ0) is 15.1. The van der Waals surface area contributed by atoms with Gasteiger partial charge in [0.25, 0.3) is 0 Å². The maximum absolute atomic E-state index is 10.1. The standard InChI is InChI=1S/C17H21NO3/c1-20-16-9-8-13(10-17(16)21-2)11-18-12-15(19)14-6-4-3-5-7-14/h3-10,15,18-19H,11-12H2,1-2H3/t15-/m0/s1. The molecule has 2 aromatic rings. The van der Waals surface area contributed by atoms with Crippen molar-refractivity contribution in [3.05, 3.63) is 59.7 Å². The molecule has 0 spiro atoms. The van der Waals surface area contributed by atoms with Crippen LogP contribution in [-0.4, -0.2) is 25.9 Å². The fourth-order valence-corrected chi connectivity index (χ4v) is 2.14. The number of ether oxygens (including phenoxy) is 2. The highest BCUT2D eigenvalue weighted by molar-refractivity contribution is 5.42. The third-order valence-corrected chi connectivity index (χ3v) is 3.30. The average molecular weight is 287 g/mol. The molecular formula is C17H21NO3. The summed E-state index contributed by atoms with van der Waals surface area (Å²) < 4.78 is 10.5. The van der Waals surface area contributed by atoms with Crippen molar-refractivity contribution >= 4 is 0 Å². The first kappa shape index (κ1) is 15.4. The van der Waals surface area contributed by atoms with E-state index in [1.165, 1.54) is 0 Å². The van der Waals surface area contributed by atoms with E-state index in [9.17, 15) is 5.11 Å². The highest BCUT2D eigenvalue weighted by Gasteiger charge is 2.07. The first-order valence-corrected chi connectivity index (χ1v) is 6.89.